The summed E-state index contributed by atoms with van der Waals surface area (Å²) in [6.07, 6.45) is 4.31. The van der Waals surface area contributed by atoms with Gasteiger partial charge in [-0.2, -0.15) is 0 Å². The normalized spacial score (nSPS) is 14.4. The van der Waals surface area contributed by atoms with Crippen molar-refractivity contribution in [2.45, 2.75) is 52.4 Å². The van der Waals surface area contributed by atoms with Crippen LogP contribution < -0.4 is 5.73 Å². The van der Waals surface area contributed by atoms with Crippen molar-refractivity contribution in [3.8, 4) is 0 Å². The van der Waals surface area contributed by atoms with Crippen LogP contribution in [0.15, 0.2) is 0 Å². The first-order valence-corrected chi connectivity index (χ1v) is 6.02. The molecule has 0 fully saturated rings. The van der Waals surface area contributed by atoms with Gasteiger partial charge in [0.15, 0.2) is 0 Å². The smallest absolute Gasteiger partial charge is 0.303 e. The van der Waals surface area contributed by atoms with E-state index < -0.39 is 5.97 Å². The second kappa shape index (κ2) is 8.13. The minimum absolute atomic E-state index is 0.104. The maximum absolute atomic E-state index is 11.0. The molecule has 0 unspecified atom stereocenters. The molecule has 2 atom stereocenters. The molecule has 0 aromatic heterocycles. The number of aliphatic carboxylic acids is 1. The standard InChI is InChI=1S/C12H23NO3/c1-3-5-9(8-11(14)15)6-7-10(4-2)12(13)16/h9-10H,3-8H2,1-2H3,(H2,13,16)(H,14,15)/t9-,10-/m1/s1. The molecule has 0 heterocycles. The molecule has 0 rings (SSSR count). The Bertz CT molecular complexity index is 228. The number of rotatable bonds is 9. The Morgan fingerprint density at radius 1 is 1.19 bits per heavy atom. The van der Waals surface area contributed by atoms with Crippen LogP contribution in [0, 0.1) is 11.8 Å². The number of primary amides is 1. The summed E-state index contributed by atoms with van der Waals surface area (Å²) in [5.41, 5.74) is 5.25. The van der Waals surface area contributed by atoms with Gasteiger partial charge in [-0.1, -0.05) is 26.7 Å². The summed E-state index contributed by atoms with van der Waals surface area (Å²) in [6, 6.07) is 0. The first kappa shape index (κ1) is 14.9. The maximum atomic E-state index is 11.0. The van der Waals surface area contributed by atoms with Gasteiger partial charge in [0.25, 0.3) is 0 Å². The Balaban J connectivity index is 4.08. The molecule has 0 saturated heterocycles. The van der Waals surface area contributed by atoms with Crippen LogP contribution in [0.1, 0.15) is 52.4 Å². The lowest BCUT2D eigenvalue weighted by Crippen LogP contribution is -2.23. The number of nitrogens with two attached hydrogens (primary N) is 1. The Kier molecular flexibility index (Phi) is 7.60. The van der Waals surface area contributed by atoms with Gasteiger partial charge in [-0.05, 0) is 25.2 Å². The molecule has 94 valence electrons. The molecule has 0 aromatic rings. The largest absolute Gasteiger partial charge is 0.481 e. The minimum Gasteiger partial charge on any atom is -0.481 e. The van der Waals surface area contributed by atoms with Crippen LogP contribution in [0.4, 0.5) is 0 Å². The molecular formula is C12H23NO3. The van der Waals surface area contributed by atoms with E-state index in [-0.39, 0.29) is 24.2 Å². The molecule has 0 aromatic carbocycles. The molecule has 0 aliphatic carbocycles. The van der Waals surface area contributed by atoms with Crippen LogP contribution in [-0.4, -0.2) is 17.0 Å². The number of carboxylic acid groups (broad SMARTS) is 1. The van der Waals surface area contributed by atoms with Crippen molar-refractivity contribution in [1.29, 1.82) is 0 Å². The van der Waals surface area contributed by atoms with Gasteiger partial charge in [0.1, 0.15) is 0 Å². The number of amides is 1. The molecule has 0 saturated carbocycles. The summed E-state index contributed by atoms with van der Waals surface area (Å²) in [5, 5.41) is 8.75. The van der Waals surface area contributed by atoms with Crippen LogP contribution >= 0.6 is 0 Å². The van der Waals surface area contributed by atoms with Crippen LogP contribution in [0.2, 0.25) is 0 Å². The van der Waals surface area contributed by atoms with E-state index in [0.29, 0.717) is 6.42 Å². The number of hydrogen-bond acceptors (Lipinski definition) is 2. The third-order valence-electron chi connectivity index (χ3n) is 2.98. The average molecular weight is 229 g/mol. The number of carbonyl (C=O) groups excluding carboxylic acids is 1. The van der Waals surface area contributed by atoms with E-state index in [0.717, 1.165) is 25.7 Å². The molecule has 3 N–H and O–H groups in total. The van der Waals surface area contributed by atoms with Crippen LogP contribution in [0.5, 0.6) is 0 Å². The number of carboxylic acids is 1. The number of hydrogen-bond donors (Lipinski definition) is 2. The van der Waals surface area contributed by atoms with Crippen molar-refractivity contribution < 1.29 is 14.7 Å². The van der Waals surface area contributed by atoms with Crippen molar-refractivity contribution >= 4 is 11.9 Å². The summed E-state index contributed by atoms with van der Waals surface area (Å²) in [7, 11) is 0. The predicted molar refractivity (Wildman–Crippen MR) is 62.9 cm³/mol. The summed E-state index contributed by atoms with van der Waals surface area (Å²) in [6.45, 7) is 3.97. The van der Waals surface area contributed by atoms with Crippen molar-refractivity contribution in [2.24, 2.45) is 17.6 Å². The van der Waals surface area contributed by atoms with E-state index in [1.165, 1.54) is 0 Å². The molecule has 0 bridgehead atoms. The van der Waals surface area contributed by atoms with E-state index >= 15 is 0 Å². The van der Waals surface area contributed by atoms with Crippen molar-refractivity contribution in [1.82, 2.24) is 0 Å². The summed E-state index contributed by atoms with van der Waals surface area (Å²) in [4.78, 5) is 21.7. The fraction of sp³-hybridized carbons (Fsp3) is 0.833. The van der Waals surface area contributed by atoms with Gasteiger partial charge in [-0.15, -0.1) is 0 Å². The molecule has 0 spiro atoms. The van der Waals surface area contributed by atoms with Gasteiger partial charge in [0.2, 0.25) is 5.91 Å². The third kappa shape index (κ3) is 6.43. The van der Waals surface area contributed by atoms with Crippen molar-refractivity contribution in [2.75, 3.05) is 0 Å². The highest BCUT2D eigenvalue weighted by molar-refractivity contribution is 5.76. The molecule has 16 heavy (non-hydrogen) atoms. The highest BCUT2D eigenvalue weighted by Gasteiger charge is 2.17. The van der Waals surface area contributed by atoms with Crippen molar-refractivity contribution in [3.05, 3.63) is 0 Å². The average Bonchev–Trinajstić information content (AvgIpc) is 2.17. The molecule has 1 amide bonds. The highest BCUT2D eigenvalue weighted by atomic mass is 16.4. The minimum atomic E-state index is -0.759. The summed E-state index contributed by atoms with van der Waals surface area (Å²) < 4.78 is 0. The van der Waals surface area contributed by atoms with Crippen LogP contribution in [0.3, 0.4) is 0 Å². The molecular weight excluding hydrogens is 206 g/mol. The van der Waals surface area contributed by atoms with E-state index in [2.05, 4.69) is 0 Å². The monoisotopic (exact) mass is 229 g/mol. The zero-order valence-electron chi connectivity index (χ0n) is 10.2. The Morgan fingerprint density at radius 2 is 1.81 bits per heavy atom. The van der Waals surface area contributed by atoms with E-state index in [1.54, 1.807) is 0 Å². The fourth-order valence-corrected chi connectivity index (χ4v) is 1.99. The van der Waals surface area contributed by atoms with Gasteiger partial charge in [-0.3, -0.25) is 9.59 Å². The SMILES string of the molecule is CCC[C@H](CC[C@@H](CC)C(N)=O)CC(=O)O. The fourth-order valence-electron chi connectivity index (χ4n) is 1.99. The van der Waals surface area contributed by atoms with Crippen LogP contribution in [0.25, 0.3) is 0 Å². The van der Waals surface area contributed by atoms with Gasteiger partial charge in [0, 0.05) is 12.3 Å². The van der Waals surface area contributed by atoms with E-state index in [1.807, 2.05) is 13.8 Å². The highest BCUT2D eigenvalue weighted by Crippen LogP contribution is 2.22. The van der Waals surface area contributed by atoms with Crippen molar-refractivity contribution in [3.63, 3.8) is 0 Å². The van der Waals surface area contributed by atoms with E-state index in [4.69, 9.17) is 10.8 Å². The van der Waals surface area contributed by atoms with Crippen LogP contribution in [-0.2, 0) is 9.59 Å². The molecule has 4 heteroatoms. The third-order valence-corrected chi connectivity index (χ3v) is 2.98. The van der Waals surface area contributed by atoms with Gasteiger partial charge in [0.05, 0.1) is 0 Å². The van der Waals surface area contributed by atoms with Gasteiger partial charge < -0.3 is 10.8 Å². The molecule has 0 aliphatic rings. The Morgan fingerprint density at radius 3 is 2.19 bits per heavy atom. The van der Waals surface area contributed by atoms with Gasteiger partial charge in [-0.25, -0.2) is 0 Å². The lowest BCUT2D eigenvalue weighted by molar-refractivity contribution is -0.138. The first-order valence-electron chi connectivity index (χ1n) is 6.02. The molecule has 4 nitrogen and oxygen atoms in total. The second-order valence-corrected chi connectivity index (χ2v) is 4.34. The summed E-state index contributed by atoms with van der Waals surface area (Å²) >= 11 is 0. The predicted octanol–water partition coefficient (Wildman–Crippen LogP) is 2.17. The zero-order chi connectivity index (χ0) is 12.6. The molecule has 0 radical (unpaired) electrons. The Hall–Kier alpha value is -1.06. The lowest BCUT2D eigenvalue weighted by Gasteiger charge is -2.16. The van der Waals surface area contributed by atoms with Gasteiger partial charge >= 0.3 is 5.97 Å². The number of carbonyl (C=O) groups is 2. The maximum Gasteiger partial charge on any atom is 0.303 e. The van der Waals surface area contributed by atoms with E-state index in [9.17, 15) is 9.59 Å². The quantitative estimate of drug-likeness (QED) is 0.635. The first-order chi connectivity index (χ1) is 7.51. The topological polar surface area (TPSA) is 80.4 Å². The lowest BCUT2D eigenvalue weighted by atomic mass is 9.89. The zero-order valence-corrected chi connectivity index (χ0v) is 10.2. The Labute approximate surface area is 97.2 Å². The molecule has 0 aliphatic heterocycles. The summed E-state index contributed by atoms with van der Waals surface area (Å²) in [5.74, 6) is -0.956. The second-order valence-electron chi connectivity index (χ2n) is 4.34.